The van der Waals surface area contributed by atoms with Crippen LogP contribution in [-0.2, 0) is 0 Å². The van der Waals surface area contributed by atoms with Gasteiger partial charge >= 0.3 is 0 Å². The lowest BCUT2D eigenvalue weighted by Gasteiger charge is -2.05. The monoisotopic (exact) mass is 257 g/mol. The number of hydrogen-bond acceptors (Lipinski definition) is 6. The fourth-order valence-electron chi connectivity index (χ4n) is 1.73. The molecule has 96 valence electrons. The van der Waals surface area contributed by atoms with Gasteiger partial charge in [0.1, 0.15) is 12.0 Å². The fourth-order valence-corrected chi connectivity index (χ4v) is 1.73. The average Bonchev–Trinajstić information content (AvgIpc) is 3.09. The molecule has 0 amide bonds. The van der Waals surface area contributed by atoms with Crippen LogP contribution in [-0.4, -0.2) is 17.3 Å². The van der Waals surface area contributed by atoms with E-state index in [-0.39, 0.29) is 0 Å². The van der Waals surface area contributed by atoms with Gasteiger partial charge in [-0.25, -0.2) is 0 Å². The van der Waals surface area contributed by atoms with Crippen molar-refractivity contribution in [2.75, 3.05) is 12.8 Å². The van der Waals surface area contributed by atoms with Gasteiger partial charge in [-0.1, -0.05) is 5.16 Å². The summed E-state index contributed by atoms with van der Waals surface area (Å²) in [5.74, 6) is 1.41. The number of ether oxygens (including phenoxy) is 1. The van der Waals surface area contributed by atoms with Crippen molar-refractivity contribution in [2.45, 2.75) is 0 Å². The molecule has 19 heavy (non-hydrogen) atoms. The third-order valence-electron chi connectivity index (χ3n) is 2.66. The van der Waals surface area contributed by atoms with Crippen LogP contribution in [0.3, 0.4) is 0 Å². The zero-order valence-corrected chi connectivity index (χ0v) is 10.2. The first-order valence-corrected chi connectivity index (χ1v) is 5.58. The van der Waals surface area contributed by atoms with Gasteiger partial charge in [-0.2, -0.15) is 4.98 Å². The summed E-state index contributed by atoms with van der Waals surface area (Å²) in [6.07, 6.45) is 3.10. The smallest absolute Gasteiger partial charge is 0.262 e. The fraction of sp³-hybridized carbons (Fsp3) is 0.0769. The van der Waals surface area contributed by atoms with E-state index in [0.717, 1.165) is 5.56 Å². The van der Waals surface area contributed by atoms with E-state index in [1.807, 2.05) is 0 Å². The topological polar surface area (TPSA) is 87.3 Å². The number of rotatable bonds is 3. The quantitative estimate of drug-likeness (QED) is 0.725. The van der Waals surface area contributed by atoms with Crippen LogP contribution in [0.15, 0.2) is 45.7 Å². The molecular weight excluding hydrogens is 246 g/mol. The van der Waals surface area contributed by atoms with Crippen molar-refractivity contribution < 1.29 is 13.7 Å². The van der Waals surface area contributed by atoms with Gasteiger partial charge < -0.3 is 19.4 Å². The maximum Gasteiger partial charge on any atom is 0.262 e. The molecule has 0 saturated heterocycles. The number of aromatic nitrogens is 2. The summed E-state index contributed by atoms with van der Waals surface area (Å²) in [7, 11) is 1.56. The largest absolute Gasteiger partial charge is 0.496 e. The molecule has 3 rings (SSSR count). The molecule has 1 aromatic carbocycles. The van der Waals surface area contributed by atoms with Crippen molar-refractivity contribution in [3.63, 3.8) is 0 Å². The summed E-state index contributed by atoms with van der Waals surface area (Å²) in [4.78, 5) is 4.30. The molecule has 0 aliphatic carbocycles. The lowest BCUT2D eigenvalue weighted by molar-refractivity contribution is 0.405. The highest BCUT2D eigenvalue weighted by Gasteiger charge is 2.15. The molecule has 6 heteroatoms. The molecule has 2 heterocycles. The van der Waals surface area contributed by atoms with Crippen molar-refractivity contribution in [3.8, 4) is 28.6 Å². The highest BCUT2D eigenvalue weighted by atomic mass is 16.5. The Bertz CT molecular complexity index is 689. The standard InChI is InChI=1S/C13H11N3O3/c1-17-11-6-9(14)2-3-10(11)13-15-12(16-19-13)8-4-5-18-7-8/h2-7H,14H2,1H3. The van der Waals surface area contributed by atoms with Crippen molar-refractivity contribution in [2.24, 2.45) is 0 Å². The molecule has 0 atom stereocenters. The second-order valence-electron chi connectivity index (χ2n) is 3.89. The van der Waals surface area contributed by atoms with Gasteiger partial charge in [0.25, 0.3) is 5.89 Å². The van der Waals surface area contributed by atoms with Crippen molar-refractivity contribution in [1.29, 1.82) is 0 Å². The second kappa shape index (κ2) is 4.49. The van der Waals surface area contributed by atoms with E-state index < -0.39 is 0 Å². The van der Waals surface area contributed by atoms with E-state index in [2.05, 4.69) is 10.1 Å². The third kappa shape index (κ3) is 2.03. The van der Waals surface area contributed by atoms with Crippen LogP contribution in [0.2, 0.25) is 0 Å². The van der Waals surface area contributed by atoms with Gasteiger partial charge in [0.05, 0.1) is 24.5 Å². The Kier molecular flexibility index (Phi) is 2.68. The zero-order valence-electron chi connectivity index (χ0n) is 10.2. The summed E-state index contributed by atoms with van der Waals surface area (Å²) >= 11 is 0. The lowest BCUT2D eigenvalue weighted by atomic mass is 10.2. The molecule has 0 fully saturated rings. The number of hydrogen-bond donors (Lipinski definition) is 1. The number of benzene rings is 1. The molecule has 0 aliphatic heterocycles. The number of methoxy groups -OCH3 is 1. The molecule has 0 saturated carbocycles. The van der Waals surface area contributed by atoms with Crippen LogP contribution in [0.1, 0.15) is 0 Å². The highest BCUT2D eigenvalue weighted by Crippen LogP contribution is 2.31. The van der Waals surface area contributed by atoms with Crippen molar-refractivity contribution in [1.82, 2.24) is 10.1 Å². The van der Waals surface area contributed by atoms with Gasteiger partial charge in [-0.05, 0) is 18.2 Å². The third-order valence-corrected chi connectivity index (χ3v) is 2.66. The summed E-state index contributed by atoms with van der Waals surface area (Å²) in [5.41, 5.74) is 7.76. The van der Waals surface area contributed by atoms with Gasteiger partial charge in [0.2, 0.25) is 5.82 Å². The molecule has 0 unspecified atom stereocenters. The normalized spacial score (nSPS) is 10.6. The minimum absolute atomic E-state index is 0.369. The molecule has 0 aliphatic rings. The van der Waals surface area contributed by atoms with E-state index in [4.69, 9.17) is 19.4 Å². The lowest BCUT2D eigenvalue weighted by Crippen LogP contribution is -1.91. The molecular formula is C13H11N3O3. The van der Waals surface area contributed by atoms with Gasteiger partial charge in [-0.15, -0.1) is 0 Å². The Labute approximate surface area is 108 Å². The van der Waals surface area contributed by atoms with E-state index in [9.17, 15) is 0 Å². The van der Waals surface area contributed by atoms with E-state index in [1.165, 1.54) is 0 Å². The molecule has 0 radical (unpaired) electrons. The summed E-state index contributed by atoms with van der Waals surface area (Å²) in [5, 5.41) is 3.90. The number of nitrogens with zero attached hydrogens (tertiary/aromatic N) is 2. The zero-order chi connectivity index (χ0) is 13.2. The maximum absolute atomic E-state index is 5.70. The minimum atomic E-state index is 0.369. The van der Waals surface area contributed by atoms with Crippen LogP contribution in [0.5, 0.6) is 5.75 Å². The summed E-state index contributed by atoms with van der Waals surface area (Å²) < 4.78 is 15.5. The molecule has 3 aromatic rings. The number of nitrogens with two attached hydrogens (primary N) is 1. The Morgan fingerprint density at radius 2 is 2.16 bits per heavy atom. The summed E-state index contributed by atoms with van der Waals surface area (Å²) in [6.45, 7) is 0. The van der Waals surface area contributed by atoms with Crippen molar-refractivity contribution in [3.05, 3.63) is 36.8 Å². The Morgan fingerprint density at radius 1 is 1.26 bits per heavy atom. The van der Waals surface area contributed by atoms with Crippen LogP contribution >= 0.6 is 0 Å². The van der Waals surface area contributed by atoms with Crippen LogP contribution in [0.4, 0.5) is 5.69 Å². The van der Waals surface area contributed by atoms with Crippen LogP contribution in [0, 0.1) is 0 Å². The number of anilines is 1. The van der Waals surface area contributed by atoms with Gasteiger partial charge in [-0.3, -0.25) is 0 Å². The molecule has 0 spiro atoms. The first-order chi connectivity index (χ1) is 9.28. The first-order valence-electron chi connectivity index (χ1n) is 5.58. The Hall–Kier alpha value is -2.76. The number of furan rings is 1. The SMILES string of the molecule is COc1cc(N)ccc1-c1nc(-c2ccoc2)no1. The molecule has 0 bridgehead atoms. The van der Waals surface area contributed by atoms with Crippen LogP contribution in [0.25, 0.3) is 22.8 Å². The minimum Gasteiger partial charge on any atom is -0.496 e. The summed E-state index contributed by atoms with van der Waals surface area (Å²) in [6, 6.07) is 6.99. The van der Waals surface area contributed by atoms with E-state index in [1.54, 1.807) is 43.9 Å². The van der Waals surface area contributed by atoms with Crippen LogP contribution < -0.4 is 10.5 Å². The Balaban J connectivity index is 2.03. The highest BCUT2D eigenvalue weighted by molar-refractivity contribution is 5.68. The maximum atomic E-state index is 5.70. The molecule has 2 N–H and O–H groups in total. The first kappa shape index (κ1) is 11.3. The van der Waals surface area contributed by atoms with Crippen molar-refractivity contribution >= 4 is 5.69 Å². The van der Waals surface area contributed by atoms with E-state index >= 15 is 0 Å². The second-order valence-corrected chi connectivity index (χ2v) is 3.89. The van der Waals surface area contributed by atoms with Gasteiger partial charge in [0.15, 0.2) is 0 Å². The predicted molar refractivity (Wildman–Crippen MR) is 68.4 cm³/mol. The molecule has 2 aromatic heterocycles. The van der Waals surface area contributed by atoms with Gasteiger partial charge in [0, 0.05) is 11.8 Å². The Morgan fingerprint density at radius 3 is 2.89 bits per heavy atom. The predicted octanol–water partition coefficient (Wildman–Crippen LogP) is 2.59. The molecule has 6 nitrogen and oxygen atoms in total. The van der Waals surface area contributed by atoms with E-state index in [0.29, 0.717) is 28.7 Å². The average molecular weight is 257 g/mol. The number of nitrogen functional groups attached to an aromatic ring is 1.